The molecule has 3 fully saturated rings. The first-order valence-electron chi connectivity index (χ1n) is 8.79. The molecule has 3 aliphatic carbocycles. The number of carbonyl (C=O) groups is 1. The number of allylic oxidation sites excluding steroid dienone is 3. The normalized spacial score (nSPS) is 54.6. The van der Waals surface area contributed by atoms with E-state index in [0.29, 0.717) is 24.2 Å². The Kier molecular flexibility index (Phi) is 3.15. The SMILES string of the molecule is C=CC1=CC[C@H]2[C@@H](C[C@@H](O)[C@]3(O)[C@H]2CC[C@@H]2OC(=O)[C@@]23C)[C@H]1C. The lowest BCUT2D eigenvalue weighted by atomic mass is 9.45. The first-order chi connectivity index (χ1) is 10.9. The summed E-state index contributed by atoms with van der Waals surface area (Å²) < 4.78 is 5.26. The Morgan fingerprint density at radius 3 is 2.78 bits per heavy atom. The van der Waals surface area contributed by atoms with Crippen LogP contribution in [0.1, 0.15) is 39.5 Å². The lowest BCUT2D eigenvalue weighted by Gasteiger charge is -2.66. The highest BCUT2D eigenvalue weighted by Gasteiger charge is 2.75. The van der Waals surface area contributed by atoms with Crippen LogP contribution in [0.4, 0.5) is 0 Å². The van der Waals surface area contributed by atoms with E-state index < -0.39 is 17.1 Å². The number of hydrogen-bond donors (Lipinski definition) is 2. The molecule has 2 N–H and O–H groups in total. The number of aliphatic hydroxyl groups is 2. The molecule has 1 saturated heterocycles. The van der Waals surface area contributed by atoms with Gasteiger partial charge in [-0.2, -0.15) is 0 Å². The lowest BCUT2D eigenvalue weighted by Crippen LogP contribution is -2.78. The number of aliphatic hydroxyl groups excluding tert-OH is 1. The molecule has 1 aliphatic heterocycles. The van der Waals surface area contributed by atoms with Crippen molar-refractivity contribution in [2.45, 2.75) is 57.3 Å². The van der Waals surface area contributed by atoms with Crippen molar-refractivity contribution in [3.05, 3.63) is 24.3 Å². The monoisotopic (exact) mass is 318 g/mol. The van der Waals surface area contributed by atoms with Crippen molar-refractivity contribution in [1.82, 2.24) is 0 Å². The van der Waals surface area contributed by atoms with E-state index in [1.807, 2.05) is 6.08 Å². The molecule has 8 atom stereocenters. The van der Waals surface area contributed by atoms with Crippen molar-refractivity contribution in [1.29, 1.82) is 0 Å². The Morgan fingerprint density at radius 2 is 2.13 bits per heavy atom. The summed E-state index contributed by atoms with van der Waals surface area (Å²) in [4.78, 5) is 12.2. The van der Waals surface area contributed by atoms with Crippen LogP contribution in [0.25, 0.3) is 0 Å². The van der Waals surface area contributed by atoms with Crippen molar-refractivity contribution in [2.24, 2.45) is 29.1 Å². The summed E-state index contributed by atoms with van der Waals surface area (Å²) in [6, 6.07) is 0. The minimum absolute atomic E-state index is 0.0459. The summed E-state index contributed by atoms with van der Waals surface area (Å²) in [6.45, 7) is 7.87. The van der Waals surface area contributed by atoms with E-state index in [4.69, 9.17) is 4.74 Å². The van der Waals surface area contributed by atoms with Crippen molar-refractivity contribution >= 4 is 5.97 Å². The molecule has 4 heteroatoms. The molecule has 0 radical (unpaired) electrons. The topological polar surface area (TPSA) is 66.8 Å². The molecule has 4 nitrogen and oxygen atoms in total. The van der Waals surface area contributed by atoms with Gasteiger partial charge in [0.05, 0.1) is 6.10 Å². The maximum atomic E-state index is 12.2. The maximum absolute atomic E-state index is 12.2. The fourth-order valence-electron chi connectivity index (χ4n) is 6.08. The third-order valence-electron chi connectivity index (χ3n) is 7.55. The van der Waals surface area contributed by atoms with Crippen LogP contribution in [0.3, 0.4) is 0 Å². The average Bonchev–Trinajstić information content (AvgIpc) is 2.53. The molecule has 0 spiro atoms. The Balaban J connectivity index is 1.76. The van der Waals surface area contributed by atoms with Gasteiger partial charge in [0.2, 0.25) is 0 Å². The fourth-order valence-corrected chi connectivity index (χ4v) is 6.08. The molecule has 126 valence electrons. The van der Waals surface area contributed by atoms with Crippen LogP contribution in [0.15, 0.2) is 24.3 Å². The number of hydrogen-bond acceptors (Lipinski definition) is 4. The highest BCUT2D eigenvalue weighted by atomic mass is 16.6. The van der Waals surface area contributed by atoms with Gasteiger partial charge < -0.3 is 14.9 Å². The number of esters is 1. The van der Waals surface area contributed by atoms with Crippen LogP contribution in [0.5, 0.6) is 0 Å². The molecular weight excluding hydrogens is 292 g/mol. The highest BCUT2D eigenvalue weighted by molar-refractivity contribution is 5.85. The molecule has 0 bridgehead atoms. The summed E-state index contributed by atoms with van der Waals surface area (Å²) in [6.07, 6.45) is 6.05. The lowest BCUT2D eigenvalue weighted by molar-refractivity contribution is -0.312. The molecule has 0 aromatic rings. The fraction of sp³-hybridized carbons (Fsp3) is 0.737. The van der Waals surface area contributed by atoms with Crippen LogP contribution in [-0.2, 0) is 9.53 Å². The Morgan fingerprint density at radius 1 is 1.39 bits per heavy atom. The minimum atomic E-state index is -1.36. The van der Waals surface area contributed by atoms with E-state index in [9.17, 15) is 15.0 Å². The zero-order valence-corrected chi connectivity index (χ0v) is 13.9. The van der Waals surface area contributed by atoms with Gasteiger partial charge in [-0.3, -0.25) is 4.79 Å². The van der Waals surface area contributed by atoms with Gasteiger partial charge in [0.25, 0.3) is 0 Å². The molecule has 0 aromatic carbocycles. The van der Waals surface area contributed by atoms with E-state index in [-0.39, 0.29) is 18.0 Å². The Bertz CT molecular complexity index is 596. The van der Waals surface area contributed by atoms with Gasteiger partial charge in [0, 0.05) is 0 Å². The molecule has 0 amide bonds. The van der Waals surface area contributed by atoms with E-state index in [1.165, 1.54) is 5.57 Å². The summed E-state index contributed by atoms with van der Waals surface area (Å²) in [7, 11) is 0. The van der Waals surface area contributed by atoms with E-state index in [0.717, 1.165) is 19.3 Å². The second kappa shape index (κ2) is 4.70. The first-order valence-corrected chi connectivity index (χ1v) is 8.79. The quantitative estimate of drug-likeness (QED) is 0.728. The predicted octanol–water partition coefficient (Wildman–Crippen LogP) is 2.21. The van der Waals surface area contributed by atoms with Gasteiger partial charge in [-0.1, -0.05) is 25.7 Å². The minimum Gasteiger partial charge on any atom is -0.460 e. The van der Waals surface area contributed by atoms with Crippen molar-refractivity contribution in [3.63, 3.8) is 0 Å². The summed E-state index contributed by atoms with van der Waals surface area (Å²) in [5, 5.41) is 22.4. The first kappa shape index (κ1) is 15.4. The van der Waals surface area contributed by atoms with Gasteiger partial charge in [-0.05, 0) is 61.9 Å². The van der Waals surface area contributed by atoms with Crippen LogP contribution in [0.2, 0.25) is 0 Å². The molecule has 0 unspecified atom stereocenters. The van der Waals surface area contributed by atoms with Crippen LogP contribution in [-0.4, -0.2) is 34.0 Å². The van der Waals surface area contributed by atoms with E-state index in [1.54, 1.807) is 6.92 Å². The maximum Gasteiger partial charge on any atom is 0.318 e. The van der Waals surface area contributed by atoms with Crippen molar-refractivity contribution in [2.75, 3.05) is 0 Å². The third kappa shape index (κ3) is 1.61. The number of carbonyl (C=O) groups excluding carboxylic acids is 1. The highest BCUT2D eigenvalue weighted by Crippen LogP contribution is 2.63. The van der Waals surface area contributed by atoms with Gasteiger partial charge in [0.1, 0.15) is 17.1 Å². The zero-order valence-electron chi connectivity index (χ0n) is 13.9. The zero-order chi connectivity index (χ0) is 16.6. The number of ether oxygens (including phenoxy) is 1. The molecule has 23 heavy (non-hydrogen) atoms. The smallest absolute Gasteiger partial charge is 0.318 e. The summed E-state index contributed by atoms with van der Waals surface area (Å²) in [5.74, 6) is 0.593. The Labute approximate surface area is 137 Å². The van der Waals surface area contributed by atoms with Crippen LogP contribution < -0.4 is 0 Å². The van der Waals surface area contributed by atoms with E-state index in [2.05, 4.69) is 19.6 Å². The summed E-state index contributed by atoms with van der Waals surface area (Å²) in [5.41, 5.74) is -1.07. The third-order valence-corrected chi connectivity index (χ3v) is 7.55. The molecule has 1 heterocycles. The van der Waals surface area contributed by atoms with Crippen molar-refractivity contribution < 1.29 is 19.7 Å². The molecular formula is C19H26O4. The molecule has 0 aromatic heterocycles. The van der Waals surface area contributed by atoms with Gasteiger partial charge in [0.15, 0.2) is 0 Å². The Hall–Kier alpha value is -1.13. The second-order valence-electron chi connectivity index (χ2n) is 8.12. The largest absolute Gasteiger partial charge is 0.460 e. The van der Waals surface area contributed by atoms with E-state index >= 15 is 0 Å². The number of fused-ring (bicyclic) bond motifs is 5. The molecule has 4 rings (SSSR count). The van der Waals surface area contributed by atoms with Gasteiger partial charge in [-0.25, -0.2) is 0 Å². The standard InChI is InChI=1S/C19H26O4/c1-4-11-5-6-12-13(10(11)2)9-15(20)19(22)14(12)7-8-16-18(19,3)17(21)23-16/h4-5,10,12-16,20,22H,1,6-9H2,2-3H3/t10-,12-,13-,14-,15+,16-,18+,19+/m0/s1. The van der Waals surface area contributed by atoms with Gasteiger partial charge >= 0.3 is 5.97 Å². The second-order valence-corrected chi connectivity index (χ2v) is 8.12. The number of rotatable bonds is 1. The average molecular weight is 318 g/mol. The predicted molar refractivity (Wildman–Crippen MR) is 85.3 cm³/mol. The summed E-state index contributed by atoms with van der Waals surface area (Å²) >= 11 is 0. The van der Waals surface area contributed by atoms with Crippen molar-refractivity contribution in [3.8, 4) is 0 Å². The molecule has 2 saturated carbocycles. The molecule has 4 aliphatic rings. The van der Waals surface area contributed by atoms with Crippen LogP contribution in [0, 0.1) is 29.1 Å². The van der Waals surface area contributed by atoms with Crippen LogP contribution >= 0.6 is 0 Å². The van der Waals surface area contributed by atoms with Gasteiger partial charge in [-0.15, -0.1) is 0 Å².